The molecule has 5 aromatic rings. The minimum atomic E-state index is 0.776. The fourth-order valence-electron chi connectivity index (χ4n) is 3.85. The van der Waals surface area contributed by atoms with Gasteiger partial charge in [-0.3, -0.25) is 0 Å². The van der Waals surface area contributed by atoms with E-state index in [2.05, 4.69) is 89.9 Å². The van der Waals surface area contributed by atoms with Crippen molar-refractivity contribution >= 4 is 10.8 Å². The van der Waals surface area contributed by atoms with E-state index in [9.17, 15) is 0 Å². The quantitative estimate of drug-likeness (QED) is 0.343. The summed E-state index contributed by atoms with van der Waals surface area (Å²) >= 11 is 0. The van der Waals surface area contributed by atoms with E-state index < -0.39 is 0 Å². The van der Waals surface area contributed by atoms with Gasteiger partial charge in [0.2, 0.25) is 0 Å². The summed E-state index contributed by atoms with van der Waals surface area (Å²) in [5, 5.41) is 2.43. The van der Waals surface area contributed by atoms with Crippen molar-refractivity contribution in [3.63, 3.8) is 0 Å². The first-order valence-electron chi connectivity index (χ1n) is 9.78. The van der Waals surface area contributed by atoms with Crippen LogP contribution < -0.4 is 0 Å². The molecule has 2 heteroatoms. The van der Waals surface area contributed by atoms with Gasteiger partial charge in [-0.05, 0) is 34.9 Å². The minimum absolute atomic E-state index is 0.776. The van der Waals surface area contributed by atoms with Crippen molar-refractivity contribution in [1.29, 1.82) is 0 Å². The van der Waals surface area contributed by atoms with Crippen LogP contribution in [0, 0.1) is 6.92 Å². The second-order valence-electron chi connectivity index (χ2n) is 7.12. The summed E-state index contributed by atoms with van der Waals surface area (Å²) in [6.07, 6.45) is 0. The molecule has 0 atom stereocenters. The molecule has 2 nitrogen and oxygen atoms in total. The lowest BCUT2D eigenvalue weighted by Gasteiger charge is -2.13. The second kappa shape index (κ2) is 7.33. The Labute approximate surface area is 170 Å². The number of aromatic nitrogens is 2. The van der Waals surface area contributed by atoms with Gasteiger partial charge >= 0.3 is 0 Å². The van der Waals surface area contributed by atoms with Crippen LogP contribution in [-0.4, -0.2) is 9.97 Å². The van der Waals surface area contributed by atoms with Crippen molar-refractivity contribution < 1.29 is 0 Å². The predicted molar refractivity (Wildman–Crippen MR) is 121 cm³/mol. The molecular weight excluding hydrogens is 352 g/mol. The standard InChI is InChI=1S/C27H20N2/c1-19-28-26(21-12-6-3-7-13-21)18-27(29-19)25-17-16-22(20-10-4-2-5-11-20)23-14-8-9-15-24(23)25/h2-18H,1H3. The molecule has 0 saturated heterocycles. The van der Waals surface area contributed by atoms with Gasteiger partial charge in [0.25, 0.3) is 0 Å². The highest BCUT2D eigenvalue weighted by atomic mass is 14.9. The number of hydrogen-bond donors (Lipinski definition) is 0. The van der Waals surface area contributed by atoms with Gasteiger partial charge in [-0.1, -0.05) is 97.1 Å². The van der Waals surface area contributed by atoms with Gasteiger partial charge in [0, 0.05) is 11.1 Å². The summed E-state index contributed by atoms with van der Waals surface area (Å²) in [5.41, 5.74) is 6.59. The summed E-state index contributed by atoms with van der Waals surface area (Å²) in [7, 11) is 0. The SMILES string of the molecule is Cc1nc(-c2ccccc2)cc(-c2ccc(-c3ccccc3)c3ccccc23)n1. The van der Waals surface area contributed by atoms with E-state index in [4.69, 9.17) is 4.98 Å². The topological polar surface area (TPSA) is 25.8 Å². The van der Waals surface area contributed by atoms with Crippen LogP contribution in [0.25, 0.3) is 44.4 Å². The van der Waals surface area contributed by atoms with Crippen LogP contribution in [0.15, 0.2) is 103 Å². The smallest absolute Gasteiger partial charge is 0.126 e. The zero-order valence-corrected chi connectivity index (χ0v) is 16.2. The largest absolute Gasteiger partial charge is 0.233 e. The second-order valence-corrected chi connectivity index (χ2v) is 7.12. The number of hydrogen-bond acceptors (Lipinski definition) is 2. The Morgan fingerprint density at radius 1 is 0.483 bits per heavy atom. The highest BCUT2D eigenvalue weighted by molar-refractivity contribution is 6.04. The molecule has 0 aliphatic heterocycles. The first-order valence-corrected chi connectivity index (χ1v) is 9.78. The van der Waals surface area contributed by atoms with Crippen LogP contribution in [0.4, 0.5) is 0 Å². The summed E-state index contributed by atoms with van der Waals surface area (Å²) < 4.78 is 0. The van der Waals surface area contributed by atoms with E-state index in [1.165, 1.54) is 21.9 Å². The lowest BCUT2D eigenvalue weighted by molar-refractivity contribution is 1.06. The van der Waals surface area contributed by atoms with E-state index in [0.29, 0.717) is 0 Å². The Balaban J connectivity index is 1.72. The van der Waals surface area contributed by atoms with Crippen LogP contribution >= 0.6 is 0 Å². The van der Waals surface area contributed by atoms with E-state index in [-0.39, 0.29) is 0 Å². The summed E-state index contributed by atoms with van der Waals surface area (Å²) in [6.45, 7) is 1.95. The average Bonchev–Trinajstić information content (AvgIpc) is 2.79. The molecule has 4 aromatic carbocycles. The van der Waals surface area contributed by atoms with Gasteiger partial charge in [-0.25, -0.2) is 9.97 Å². The molecule has 5 rings (SSSR count). The Kier molecular flexibility index (Phi) is 4.38. The number of aryl methyl sites for hydroxylation is 1. The van der Waals surface area contributed by atoms with Gasteiger partial charge in [0.15, 0.2) is 0 Å². The van der Waals surface area contributed by atoms with Gasteiger partial charge in [0.05, 0.1) is 11.4 Å². The third-order valence-electron chi connectivity index (χ3n) is 5.19. The zero-order valence-electron chi connectivity index (χ0n) is 16.2. The maximum atomic E-state index is 4.77. The molecule has 0 amide bonds. The summed E-state index contributed by atoms with van der Waals surface area (Å²) in [5.74, 6) is 0.776. The number of rotatable bonds is 3. The lowest BCUT2D eigenvalue weighted by Crippen LogP contribution is -1.95. The Bertz CT molecular complexity index is 1290. The lowest BCUT2D eigenvalue weighted by atomic mass is 9.93. The summed E-state index contributed by atoms with van der Waals surface area (Å²) in [4.78, 5) is 9.43. The molecule has 0 bridgehead atoms. The molecule has 0 aliphatic rings. The molecule has 0 spiro atoms. The summed E-state index contributed by atoms with van der Waals surface area (Å²) in [6, 6.07) is 35.8. The van der Waals surface area contributed by atoms with Crippen LogP contribution in [0.5, 0.6) is 0 Å². The highest BCUT2D eigenvalue weighted by Gasteiger charge is 2.12. The Morgan fingerprint density at radius 2 is 1.00 bits per heavy atom. The normalized spacial score (nSPS) is 10.9. The number of fused-ring (bicyclic) bond motifs is 1. The molecule has 0 saturated carbocycles. The van der Waals surface area contributed by atoms with Gasteiger partial charge < -0.3 is 0 Å². The third-order valence-corrected chi connectivity index (χ3v) is 5.19. The van der Waals surface area contributed by atoms with Gasteiger partial charge in [-0.15, -0.1) is 0 Å². The highest BCUT2D eigenvalue weighted by Crippen LogP contribution is 2.35. The minimum Gasteiger partial charge on any atom is -0.233 e. The van der Waals surface area contributed by atoms with Crippen molar-refractivity contribution in [3.8, 4) is 33.6 Å². The Hall–Kier alpha value is -3.78. The molecular formula is C27H20N2. The molecule has 0 radical (unpaired) electrons. The van der Waals surface area contributed by atoms with Crippen molar-refractivity contribution in [2.24, 2.45) is 0 Å². The van der Waals surface area contributed by atoms with Crippen LogP contribution in [0.1, 0.15) is 5.82 Å². The van der Waals surface area contributed by atoms with Crippen molar-refractivity contribution in [2.75, 3.05) is 0 Å². The number of benzene rings is 4. The average molecular weight is 372 g/mol. The maximum absolute atomic E-state index is 4.77. The van der Waals surface area contributed by atoms with Crippen molar-refractivity contribution in [2.45, 2.75) is 6.92 Å². The van der Waals surface area contributed by atoms with E-state index in [1.54, 1.807) is 0 Å². The first kappa shape index (κ1) is 17.3. The molecule has 1 heterocycles. The van der Waals surface area contributed by atoms with Crippen LogP contribution in [-0.2, 0) is 0 Å². The van der Waals surface area contributed by atoms with Crippen molar-refractivity contribution in [1.82, 2.24) is 9.97 Å². The van der Waals surface area contributed by atoms with E-state index >= 15 is 0 Å². The molecule has 1 aromatic heterocycles. The van der Waals surface area contributed by atoms with Crippen LogP contribution in [0.3, 0.4) is 0 Å². The van der Waals surface area contributed by atoms with Crippen LogP contribution in [0.2, 0.25) is 0 Å². The predicted octanol–water partition coefficient (Wildman–Crippen LogP) is 6.94. The van der Waals surface area contributed by atoms with Crippen molar-refractivity contribution in [3.05, 3.63) is 109 Å². The maximum Gasteiger partial charge on any atom is 0.126 e. The van der Waals surface area contributed by atoms with Gasteiger partial charge in [-0.2, -0.15) is 0 Å². The molecule has 0 fully saturated rings. The Morgan fingerprint density at radius 3 is 1.69 bits per heavy atom. The fourth-order valence-corrected chi connectivity index (χ4v) is 3.85. The third kappa shape index (κ3) is 3.30. The zero-order chi connectivity index (χ0) is 19.6. The first-order chi connectivity index (χ1) is 14.3. The molecule has 0 aliphatic carbocycles. The molecule has 138 valence electrons. The molecule has 29 heavy (non-hydrogen) atoms. The number of nitrogens with zero attached hydrogens (tertiary/aromatic N) is 2. The fraction of sp³-hybridized carbons (Fsp3) is 0.0370. The molecule has 0 unspecified atom stereocenters. The van der Waals surface area contributed by atoms with E-state index in [1.807, 2.05) is 25.1 Å². The van der Waals surface area contributed by atoms with E-state index in [0.717, 1.165) is 28.3 Å². The van der Waals surface area contributed by atoms with Gasteiger partial charge in [0.1, 0.15) is 5.82 Å². The molecule has 0 N–H and O–H groups in total. The monoisotopic (exact) mass is 372 g/mol.